The van der Waals surface area contributed by atoms with Gasteiger partial charge < -0.3 is 10.2 Å². The van der Waals surface area contributed by atoms with Crippen molar-refractivity contribution in [3.05, 3.63) is 47.5 Å². The third kappa shape index (κ3) is 2.94. The summed E-state index contributed by atoms with van der Waals surface area (Å²) in [4.78, 5) is 2.22. The van der Waals surface area contributed by atoms with E-state index in [0.29, 0.717) is 0 Å². The van der Waals surface area contributed by atoms with E-state index in [0.717, 1.165) is 25.1 Å². The van der Waals surface area contributed by atoms with Gasteiger partial charge in [-0.15, -0.1) is 0 Å². The van der Waals surface area contributed by atoms with Crippen molar-refractivity contribution in [1.29, 1.82) is 0 Å². The van der Waals surface area contributed by atoms with Gasteiger partial charge in [0.2, 0.25) is 0 Å². The molecule has 1 aliphatic rings. The fourth-order valence-corrected chi connectivity index (χ4v) is 2.35. The quantitative estimate of drug-likeness (QED) is 0.767. The molecular weight excluding hydrogens is 214 g/mol. The van der Waals surface area contributed by atoms with Gasteiger partial charge in [-0.05, 0) is 17.6 Å². The van der Waals surface area contributed by atoms with Gasteiger partial charge in [-0.3, -0.25) is 4.90 Å². The van der Waals surface area contributed by atoms with Crippen LogP contribution in [0.15, 0.2) is 42.0 Å². The number of aliphatic hydroxyl groups is 2. The summed E-state index contributed by atoms with van der Waals surface area (Å²) in [6, 6.07) is 10.2. The molecule has 2 N–H and O–H groups in total. The highest BCUT2D eigenvalue weighted by Crippen LogP contribution is 2.19. The molecule has 0 aliphatic carbocycles. The van der Waals surface area contributed by atoms with E-state index in [-0.39, 0.29) is 19.3 Å². The van der Waals surface area contributed by atoms with Crippen molar-refractivity contribution in [1.82, 2.24) is 4.90 Å². The Morgan fingerprint density at radius 2 is 1.94 bits per heavy atom. The van der Waals surface area contributed by atoms with Crippen LogP contribution in [0.2, 0.25) is 0 Å². The Balaban J connectivity index is 2.08. The average Bonchev–Trinajstić information content (AvgIpc) is 2.39. The third-order valence-electron chi connectivity index (χ3n) is 3.28. The van der Waals surface area contributed by atoms with E-state index in [9.17, 15) is 10.2 Å². The van der Waals surface area contributed by atoms with E-state index in [1.807, 2.05) is 24.3 Å². The van der Waals surface area contributed by atoms with Gasteiger partial charge >= 0.3 is 0 Å². The Labute approximate surface area is 102 Å². The summed E-state index contributed by atoms with van der Waals surface area (Å²) in [6.45, 7) is 1.86. The summed E-state index contributed by atoms with van der Waals surface area (Å²) in [7, 11) is 0. The van der Waals surface area contributed by atoms with Crippen LogP contribution >= 0.6 is 0 Å². The first-order valence-corrected chi connectivity index (χ1v) is 6.03. The molecule has 1 aliphatic heterocycles. The first kappa shape index (κ1) is 12.3. The van der Waals surface area contributed by atoms with Crippen LogP contribution in [0.1, 0.15) is 12.0 Å². The summed E-state index contributed by atoms with van der Waals surface area (Å²) in [5.41, 5.74) is 2.18. The van der Waals surface area contributed by atoms with Crippen LogP contribution in [-0.4, -0.2) is 40.9 Å². The highest BCUT2D eigenvalue weighted by molar-refractivity contribution is 5.19. The topological polar surface area (TPSA) is 43.7 Å². The molecule has 3 heteroatoms. The van der Waals surface area contributed by atoms with Crippen LogP contribution in [0.5, 0.6) is 0 Å². The molecule has 0 saturated carbocycles. The number of benzene rings is 1. The molecule has 1 aromatic rings. The molecule has 0 aromatic heterocycles. The van der Waals surface area contributed by atoms with Crippen molar-refractivity contribution >= 4 is 0 Å². The number of hydrogen-bond acceptors (Lipinski definition) is 3. The zero-order valence-corrected chi connectivity index (χ0v) is 9.92. The Hall–Kier alpha value is -1.16. The monoisotopic (exact) mass is 233 g/mol. The van der Waals surface area contributed by atoms with E-state index in [1.165, 1.54) is 5.56 Å². The minimum Gasteiger partial charge on any atom is -0.394 e. The molecule has 92 valence electrons. The van der Waals surface area contributed by atoms with Crippen molar-refractivity contribution in [2.24, 2.45) is 0 Å². The summed E-state index contributed by atoms with van der Waals surface area (Å²) in [6.07, 6.45) is 2.99. The lowest BCUT2D eigenvalue weighted by molar-refractivity contribution is 0.121. The first-order valence-electron chi connectivity index (χ1n) is 6.03. The Morgan fingerprint density at radius 1 is 1.18 bits per heavy atom. The number of aliphatic hydroxyl groups excluding tert-OH is 2. The minimum absolute atomic E-state index is 0.0334. The first-order chi connectivity index (χ1) is 8.35. The van der Waals surface area contributed by atoms with Gasteiger partial charge in [0.1, 0.15) is 0 Å². The van der Waals surface area contributed by atoms with Gasteiger partial charge in [-0.2, -0.15) is 0 Å². The Kier molecular flexibility index (Phi) is 4.31. The van der Waals surface area contributed by atoms with Crippen LogP contribution < -0.4 is 0 Å². The van der Waals surface area contributed by atoms with Crippen molar-refractivity contribution < 1.29 is 10.2 Å². The maximum Gasteiger partial charge on any atom is 0.0657 e. The number of rotatable bonds is 4. The zero-order valence-electron chi connectivity index (χ0n) is 9.92. The van der Waals surface area contributed by atoms with E-state index in [1.54, 1.807) is 0 Å². The normalized spacial score (nSPS) is 21.3. The Morgan fingerprint density at radius 3 is 2.59 bits per heavy atom. The van der Waals surface area contributed by atoms with E-state index < -0.39 is 0 Å². The molecule has 1 atom stereocenters. The van der Waals surface area contributed by atoms with Crippen LogP contribution in [0.4, 0.5) is 0 Å². The second-order valence-electron chi connectivity index (χ2n) is 4.38. The van der Waals surface area contributed by atoms with E-state index >= 15 is 0 Å². The van der Waals surface area contributed by atoms with Crippen molar-refractivity contribution in [3.63, 3.8) is 0 Å². The molecule has 3 nitrogen and oxygen atoms in total. The summed E-state index contributed by atoms with van der Waals surface area (Å²) in [5.74, 6) is 0. The highest BCUT2D eigenvalue weighted by atomic mass is 16.3. The molecule has 2 rings (SSSR count). The maximum absolute atomic E-state index is 9.45. The van der Waals surface area contributed by atoms with Crippen molar-refractivity contribution in [2.45, 2.75) is 19.0 Å². The van der Waals surface area contributed by atoms with Crippen molar-refractivity contribution in [3.8, 4) is 0 Å². The highest BCUT2D eigenvalue weighted by Gasteiger charge is 2.24. The van der Waals surface area contributed by atoms with E-state index in [2.05, 4.69) is 17.0 Å². The van der Waals surface area contributed by atoms with Crippen LogP contribution in [0.3, 0.4) is 0 Å². The Bertz CT molecular complexity index is 375. The molecule has 1 aromatic carbocycles. The number of nitrogens with zero attached hydrogens (tertiary/aromatic N) is 1. The van der Waals surface area contributed by atoms with Gasteiger partial charge in [0.05, 0.1) is 19.3 Å². The lowest BCUT2D eigenvalue weighted by Gasteiger charge is -2.35. The molecule has 0 fully saturated rings. The van der Waals surface area contributed by atoms with Gasteiger partial charge in [0.15, 0.2) is 0 Å². The van der Waals surface area contributed by atoms with Crippen LogP contribution in [0, 0.1) is 0 Å². The number of hydrogen-bond donors (Lipinski definition) is 2. The van der Waals surface area contributed by atoms with Gasteiger partial charge in [-0.1, -0.05) is 36.4 Å². The van der Waals surface area contributed by atoms with Crippen molar-refractivity contribution in [2.75, 3.05) is 19.8 Å². The second-order valence-corrected chi connectivity index (χ2v) is 4.38. The lowest BCUT2D eigenvalue weighted by atomic mass is 10.00. The molecule has 0 bridgehead atoms. The summed E-state index contributed by atoms with van der Waals surface area (Å²) >= 11 is 0. The van der Waals surface area contributed by atoms with Gasteiger partial charge in [0, 0.05) is 13.1 Å². The fraction of sp³-hybridized carbons (Fsp3) is 0.429. The van der Waals surface area contributed by atoms with Gasteiger partial charge in [0.25, 0.3) is 0 Å². The molecule has 1 heterocycles. The second kappa shape index (κ2) is 5.96. The maximum atomic E-state index is 9.45. The molecule has 0 radical (unpaired) electrons. The molecule has 0 unspecified atom stereocenters. The fourth-order valence-electron chi connectivity index (χ4n) is 2.35. The molecule has 0 spiro atoms. The molecule has 0 amide bonds. The molecule has 0 saturated heterocycles. The lowest BCUT2D eigenvalue weighted by Crippen LogP contribution is -2.42. The van der Waals surface area contributed by atoms with Crippen LogP contribution in [0.25, 0.3) is 0 Å². The summed E-state index contributed by atoms with van der Waals surface area (Å²) in [5, 5.41) is 18.7. The molecular formula is C14H19NO2. The smallest absolute Gasteiger partial charge is 0.0657 e. The summed E-state index contributed by atoms with van der Waals surface area (Å²) < 4.78 is 0. The largest absolute Gasteiger partial charge is 0.394 e. The predicted molar refractivity (Wildman–Crippen MR) is 67.5 cm³/mol. The zero-order chi connectivity index (χ0) is 12.1. The average molecular weight is 233 g/mol. The van der Waals surface area contributed by atoms with Gasteiger partial charge in [-0.25, -0.2) is 0 Å². The minimum atomic E-state index is -0.0334. The van der Waals surface area contributed by atoms with E-state index in [4.69, 9.17) is 0 Å². The third-order valence-corrected chi connectivity index (χ3v) is 3.28. The molecule has 17 heavy (non-hydrogen) atoms. The van der Waals surface area contributed by atoms with Crippen LogP contribution in [-0.2, 0) is 6.54 Å². The SMILES string of the molecule is OCC1=CCCN(Cc2ccccc2)[C@@H]1CO. The predicted octanol–water partition coefficient (Wildman–Crippen LogP) is 1.17. The standard InChI is InChI=1S/C14H19NO2/c16-10-13-7-4-8-15(14(13)11-17)9-12-5-2-1-3-6-12/h1-3,5-7,14,16-17H,4,8-11H2/t14-/m1/s1.